The topological polar surface area (TPSA) is 152 Å². The zero-order chi connectivity index (χ0) is 20.3. The van der Waals surface area contributed by atoms with Crippen LogP contribution in [0.3, 0.4) is 0 Å². The Balaban J connectivity index is 1.76. The molecule has 2 atom stereocenters. The Bertz CT molecular complexity index is 883. The molecule has 1 aliphatic rings. The van der Waals surface area contributed by atoms with Gasteiger partial charge in [0.1, 0.15) is 29.8 Å². The highest BCUT2D eigenvalue weighted by Crippen LogP contribution is 2.27. The van der Waals surface area contributed by atoms with E-state index in [9.17, 15) is 9.59 Å². The molecule has 1 amide bonds. The number of amides is 1. The molecule has 0 saturated carbocycles. The van der Waals surface area contributed by atoms with Gasteiger partial charge in [0.2, 0.25) is 0 Å². The van der Waals surface area contributed by atoms with Crippen molar-refractivity contribution in [1.29, 1.82) is 0 Å². The molecule has 0 radical (unpaired) electrons. The molecular weight excluding hydrogens is 370 g/mol. The summed E-state index contributed by atoms with van der Waals surface area (Å²) in [6, 6.07) is 3.46. The summed E-state index contributed by atoms with van der Waals surface area (Å²) < 4.78 is 17.5. The van der Waals surface area contributed by atoms with Gasteiger partial charge in [-0.3, -0.25) is 0 Å². The van der Waals surface area contributed by atoms with Crippen LogP contribution in [0.5, 0.6) is 5.75 Å². The third kappa shape index (κ3) is 4.36. The number of carboxylic acid groups (broad SMARTS) is 1. The van der Waals surface area contributed by atoms with E-state index in [4.69, 9.17) is 25.1 Å². The van der Waals surface area contributed by atoms with Gasteiger partial charge < -0.3 is 25.1 Å². The fraction of sp³-hybridized carbons (Fsp3) is 0.471. The lowest BCUT2D eigenvalue weighted by atomic mass is 10.1. The smallest absolute Gasteiger partial charge is 0.404 e. The third-order valence-electron chi connectivity index (χ3n) is 4.38. The van der Waals surface area contributed by atoms with E-state index in [1.165, 1.54) is 4.68 Å². The second-order valence-electron chi connectivity index (χ2n) is 6.36. The molecule has 1 saturated heterocycles. The van der Waals surface area contributed by atoms with Gasteiger partial charge in [-0.1, -0.05) is 5.21 Å². The SMILES string of the molecule is Cc1nc(-c2nnn(C)c2COC(N)=O)ccc1O[C@H]1CCO[C@@H](C(=O)O)C1. The average Bonchev–Trinajstić information content (AvgIpc) is 3.02. The number of carbonyl (C=O) groups is 2. The first-order chi connectivity index (χ1) is 13.3. The van der Waals surface area contributed by atoms with Gasteiger partial charge >= 0.3 is 12.1 Å². The minimum Gasteiger partial charge on any atom is -0.488 e. The third-order valence-corrected chi connectivity index (χ3v) is 4.38. The van der Waals surface area contributed by atoms with E-state index in [0.29, 0.717) is 41.6 Å². The predicted molar refractivity (Wildman–Crippen MR) is 94.4 cm³/mol. The molecule has 1 aliphatic heterocycles. The normalized spacial score (nSPS) is 19.2. The van der Waals surface area contributed by atoms with Crippen molar-refractivity contribution in [2.75, 3.05) is 6.61 Å². The highest BCUT2D eigenvalue weighted by molar-refractivity contribution is 5.72. The second kappa shape index (κ2) is 8.21. The van der Waals surface area contributed by atoms with Crippen LogP contribution >= 0.6 is 0 Å². The number of ether oxygens (including phenoxy) is 3. The number of aliphatic carboxylic acids is 1. The predicted octanol–water partition coefficient (Wildman–Crippen LogP) is 0.792. The van der Waals surface area contributed by atoms with Gasteiger partial charge in [0.05, 0.1) is 18.0 Å². The van der Waals surface area contributed by atoms with Crippen molar-refractivity contribution >= 4 is 12.1 Å². The number of pyridine rings is 1. The van der Waals surface area contributed by atoms with Crippen LogP contribution in [0.1, 0.15) is 24.2 Å². The standard InChI is InChI=1S/C17H21N5O6/c1-9-13(28-10-5-6-26-14(7-10)16(23)24)4-3-11(19-9)15-12(8-27-17(18)25)22(2)21-20-15/h3-4,10,14H,5-8H2,1-2H3,(H2,18,25)(H,23,24)/t10-,14+/m0/s1. The van der Waals surface area contributed by atoms with E-state index < -0.39 is 18.2 Å². The van der Waals surface area contributed by atoms with Crippen molar-refractivity contribution in [3.8, 4) is 17.1 Å². The number of nitrogens with two attached hydrogens (primary N) is 1. The molecule has 1 fully saturated rings. The van der Waals surface area contributed by atoms with Crippen LogP contribution in [0.2, 0.25) is 0 Å². The lowest BCUT2D eigenvalue weighted by Gasteiger charge is -2.28. The van der Waals surface area contributed by atoms with E-state index in [-0.39, 0.29) is 19.1 Å². The quantitative estimate of drug-likeness (QED) is 0.728. The number of hydrogen-bond acceptors (Lipinski definition) is 8. The maximum Gasteiger partial charge on any atom is 0.404 e. The van der Waals surface area contributed by atoms with Crippen LogP contribution in [-0.4, -0.2) is 56.0 Å². The van der Waals surface area contributed by atoms with E-state index >= 15 is 0 Å². The molecule has 11 heteroatoms. The van der Waals surface area contributed by atoms with Gasteiger partial charge in [-0.2, -0.15) is 0 Å². The molecule has 2 aromatic rings. The fourth-order valence-electron chi connectivity index (χ4n) is 2.91. The molecular formula is C17H21N5O6. The van der Waals surface area contributed by atoms with Crippen molar-refractivity contribution in [3.63, 3.8) is 0 Å². The molecule has 28 heavy (non-hydrogen) atoms. The van der Waals surface area contributed by atoms with Crippen LogP contribution in [0, 0.1) is 6.92 Å². The minimum atomic E-state index is -0.994. The van der Waals surface area contributed by atoms with E-state index in [1.807, 2.05) is 0 Å². The summed E-state index contributed by atoms with van der Waals surface area (Å²) in [6.45, 7) is 2.03. The number of aryl methyl sites for hydroxylation is 2. The lowest BCUT2D eigenvalue weighted by molar-refractivity contribution is -0.156. The summed E-state index contributed by atoms with van der Waals surface area (Å²) >= 11 is 0. The van der Waals surface area contributed by atoms with Crippen LogP contribution in [0.4, 0.5) is 4.79 Å². The first kappa shape index (κ1) is 19.5. The number of primary amides is 1. The molecule has 11 nitrogen and oxygen atoms in total. The maximum absolute atomic E-state index is 11.1. The van der Waals surface area contributed by atoms with Crippen LogP contribution < -0.4 is 10.5 Å². The van der Waals surface area contributed by atoms with Crippen molar-refractivity contribution in [2.45, 2.75) is 38.6 Å². The van der Waals surface area contributed by atoms with Crippen LogP contribution in [0.25, 0.3) is 11.4 Å². The largest absolute Gasteiger partial charge is 0.488 e. The number of rotatable bonds is 6. The first-order valence-corrected chi connectivity index (χ1v) is 8.65. The Morgan fingerprint density at radius 3 is 2.89 bits per heavy atom. The zero-order valence-electron chi connectivity index (χ0n) is 15.5. The molecule has 3 N–H and O–H groups in total. The van der Waals surface area contributed by atoms with Gasteiger partial charge in [0.15, 0.2) is 6.10 Å². The molecule has 0 bridgehead atoms. The molecule has 0 aromatic carbocycles. The summed E-state index contributed by atoms with van der Waals surface area (Å²) in [6.07, 6.45) is -1.15. The molecule has 0 aliphatic carbocycles. The van der Waals surface area contributed by atoms with E-state index in [2.05, 4.69) is 15.3 Å². The Kier molecular flexibility index (Phi) is 5.73. The summed E-state index contributed by atoms with van der Waals surface area (Å²) in [7, 11) is 1.67. The van der Waals surface area contributed by atoms with Crippen LogP contribution in [-0.2, 0) is 27.9 Å². The molecule has 2 aromatic heterocycles. The minimum absolute atomic E-state index is 0.0776. The number of nitrogens with zero attached hydrogens (tertiary/aromatic N) is 4. The Hall–Kier alpha value is -3.21. The zero-order valence-corrected chi connectivity index (χ0v) is 15.5. The lowest BCUT2D eigenvalue weighted by Crippen LogP contribution is -2.37. The summed E-state index contributed by atoms with van der Waals surface area (Å²) in [5.41, 5.74) is 7.19. The molecule has 150 valence electrons. The first-order valence-electron chi connectivity index (χ1n) is 8.65. The van der Waals surface area contributed by atoms with Crippen molar-refractivity contribution < 1.29 is 28.9 Å². The highest BCUT2D eigenvalue weighted by Gasteiger charge is 2.29. The number of carbonyl (C=O) groups excluding carboxylic acids is 1. The van der Waals surface area contributed by atoms with Gasteiger partial charge in [-0.05, 0) is 19.1 Å². The van der Waals surface area contributed by atoms with Gasteiger partial charge in [-0.25, -0.2) is 19.3 Å². The van der Waals surface area contributed by atoms with Gasteiger partial charge in [0.25, 0.3) is 0 Å². The second-order valence-corrected chi connectivity index (χ2v) is 6.36. The van der Waals surface area contributed by atoms with Gasteiger partial charge in [-0.15, -0.1) is 5.10 Å². The molecule has 0 spiro atoms. The Morgan fingerprint density at radius 1 is 1.43 bits per heavy atom. The number of aromatic nitrogens is 4. The van der Waals surface area contributed by atoms with E-state index in [1.54, 1.807) is 26.1 Å². The van der Waals surface area contributed by atoms with Crippen molar-refractivity contribution in [2.24, 2.45) is 12.8 Å². The van der Waals surface area contributed by atoms with Gasteiger partial charge in [0, 0.05) is 19.9 Å². The molecule has 0 unspecified atom stereocenters. The van der Waals surface area contributed by atoms with Crippen molar-refractivity contribution in [1.82, 2.24) is 20.0 Å². The summed E-state index contributed by atoms with van der Waals surface area (Å²) in [5, 5.41) is 17.1. The van der Waals surface area contributed by atoms with E-state index in [0.717, 1.165) is 0 Å². The Morgan fingerprint density at radius 2 is 2.21 bits per heavy atom. The number of hydrogen-bond donors (Lipinski definition) is 2. The van der Waals surface area contributed by atoms with Crippen molar-refractivity contribution in [3.05, 3.63) is 23.5 Å². The number of carboxylic acids is 1. The monoisotopic (exact) mass is 391 g/mol. The fourth-order valence-corrected chi connectivity index (χ4v) is 2.91. The summed E-state index contributed by atoms with van der Waals surface area (Å²) in [4.78, 5) is 26.5. The maximum atomic E-state index is 11.1. The molecule has 3 heterocycles. The Labute approximate surface area is 160 Å². The highest BCUT2D eigenvalue weighted by atomic mass is 16.5. The summed E-state index contributed by atoms with van der Waals surface area (Å²) in [5.74, 6) is -0.439. The average molecular weight is 391 g/mol. The van der Waals surface area contributed by atoms with Crippen LogP contribution in [0.15, 0.2) is 12.1 Å². The molecule has 3 rings (SSSR count).